The molecule has 27 nitrogen and oxygen atoms in total. The van der Waals surface area contributed by atoms with Crippen LogP contribution in [0.15, 0.2) is 66.0 Å². The maximum absolute atomic E-state index is 15.0. The number of ether oxygens (including phenoxy) is 12. The first-order valence-corrected chi connectivity index (χ1v) is 38.7. The van der Waals surface area contributed by atoms with Crippen LogP contribution in [0.25, 0.3) is 0 Å². The topological polar surface area (TPSA) is 322 Å². The first-order chi connectivity index (χ1) is 46.4. The van der Waals surface area contributed by atoms with Gasteiger partial charge in [0.1, 0.15) is 12.4 Å². The quantitative estimate of drug-likeness (QED) is 0.0177. The summed E-state index contributed by atoms with van der Waals surface area (Å²) in [4.78, 5) is 111. The molecule has 1 saturated heterocycles. The summed E-state index contributed by atoms with van der Waals surface area (Å²) >= 11 is 0. The molecule has 0 bridgehead atoms. The average Bonchev–Trinajstić information content (AvgIpc) is 1.23. The Morgan fingerprint density at radius 3 is 1.62 bits per heavy atom. The second-order valence-electron chi connectivity index (χ2n) is 27.7. The molecule has 3 aliphatic heterocycles. The number of benzene rings is 3. The second-order valence-corrected chi connectivity index (χ2v) is 37.3. The van der Waals surface area contributed by atoms with Gasteiger partial charge in [-0.15, -0.1) is 0 Å². The van der Waals surface area contributed by atoms with Crippen molar-refractivity contribution in [1.82, 2.24) is 15.1 Å². The molecule has 546 valence electrons. The summed E-state index contributed by atoms with van der Waals surface area (Å²) in [5.74, 6) is -4.35. The third-order valence-corrected chi connectivity index (χ3v) is 26.9. The normalized spacial score (nSPS) is 19.4. The maximum atomic E-state index is 15.0. The fourth-order valence-electron chi connectivity index (χ4n) is 10.6. The first kappa shape index (κ1) is 79.8. The number of nitrogens with zero attached hydrogens (tertiary/aromatic N) is 2. The number of methoxy groups -OCH3 is 4. The molecule has 0 aliphatic carbocycles. The van der Waals surface area contributed by atoms with Crippen LogP contribution in [0.1, 0.15) is 145 Å². The number of carbonyl (C=O) groups excluding carboxylic acids is 8. The Hall–Kier alpha value is -8.23. The zero-order chi connectivity index (χ0) is 73.5. The molecule has 3 heterocycles. The van der Waals surface area contributed by atoms with E-state index in [0.29, 0.717) is 50.2 Å². The van der Waals surface area contributed by atoms with Crippen LogP contribution in [0.3, 0.4) is 0 Å². The third-order valence-electron chi connectivity index (χ3n) is 17.9. The van der Waals surface area contributed by atoms with E-state index in [9.17, 15) is 38.4 Å². The molecule has 3 aromatic carbocycles. The minimum absolute atomic E-state index is 0.00852. The van der Waals surface area contributed by atoms with Gasteiger partial charge in [-0.05, 0) is 112 Å². The first-order valence-electron chi connectivity index (χ1n) is 32.9. The summed E-state index contributed by atoms with van der Waals surface area (Å²) in [6, 6.07) is 9.74. The zero-order valence-corrected chi connectivity index (χ0v) is 62.7. The molecular weight excluding hydrogens is 1320 g/mol. The summed E-state index contributed by atoms with van der Waals surface area (Å²) in [5.41, 5.74) is 9.23. The minimum atomic E-state index is -2.26. The summed E-state index contributed by atoms with van der Waals surface area (Å²) < 4.78 is 81.7. The fourth-order valence-corrected chi connectivity index (χ4v) is 12.7. The van der Waals surface area contributed by atoms with Crippen LogP contribution in [0.2, 0.25) is 36.3 Å². The van der Waals surface area contributed by atoms with E-state index in [2.05, 4.69) is 78.4 Å². The lowest BCUT2D eigenvalue weighted by molar-refractivity contribution is -0.282. The number of anilines is 2. The predicted octanol–water partition coefficient (Wildman–Crippen LogP) is 10.4. The molecule has 7 atom stereocenters. The number of esters is 4. The minimum Gasteiger partial charge on any atom is -0.493 e. The molecule has 29 heteroatoms. The Bertz CT molecular complexity index is 3470. The Morgan fingerprint density at radius 2 is 1.11 bits per heavy atom. The van der Waals surface area contributed by atoms with Crippen molar-refractivity contribution in [2.45, 2.75) is 194 Å². The van der Waals surface area contributed by atoms with E-state index in [1.807, 2.05) is 20.0 Å². The van der Waals surface area contributed by atoms with Crippen LogP contribution in [-0.2, 0) is 67.8 Å². The Kier molecular flexibility index (Phi) is 28.0. The SMILES string of the molecule is COCCNC(=O)c1cc(COC(=O)Nc2cc(OCCCCCOc3cc(N)c(C(=O)N4C=C(C)CC4CO[Si](C)(C)C(C)(C)C)cc3OC)c(OC)cc2C(=O)N2C=C(C)C[C@H]2CO[Si](C)(C)C(C)(C)C)ccc1O[C@@H]1O[C@H](C(=O)OC)[C@@H](OC(C)=O)[C@H](OC(C)=O)[C@H]1OC(C)=O. The van der Waals surface area contributed by atoms with E-state index < -0.39 is 95.7 Å². The number of carbonyl (C=O) groups is 8. The van der Waals surface area contributed by atoms with E-state index in [-0.39, 0.29) is 112 Å². The number of rotatable bonds is 31. The van der Waals surface area contributed by atoms with Crippen molar-refractivity contribution >= 4 is 75.7 Å². The molecule has 99 heavy (non-hydrogen) atoms. The van der Waals surface area contributed by atoms with Crippen molar-refractivity contribution in [3.05, 3.63) is 88.3 Å². The second kappa shape index (κ2) is 34.7. The molecule has 3 aliphatic rings. The Balaban J connectivity index is 1.21. The highest BCUT2D eigenvalue weighted by Gasteiger charge is 2.56. The molecule has 4 N–H and O–H groups in total. The van der Waals surface area contributed by atoms with Gasteiger partial charge in [0.05, 0.1) is 88.8 Å². The standard InChI is InChI=1S/C70H101N5O22Si2/c1-41-29-47(39-91-98(16,17)69(6,7)8)74(36-41)64(80)49-32-55(85-13)57(34-52(49)71)88-26-21-20-22-27-89-58-35-53(50(33-56(58)86-14)65(81)75-37-42(2)30-48(75)40-92-99(18,19)70(9,10)11)73-68(83)90-38-46-23-24-54(51(31-46)63(79)72-25-28-84-12)96-67-62(95-45(5)78)60(94-44(4)77)59(93-43(3)76)61(97-67)66(82)87-15/h23-24,31-37,47-48,59-62,67H,20-22,25-30,38-40,71H2,1-19H3,(H,72,79)(H,73,83)/t47?,48-,59-,60-,61-,62+,67+/m0/s1. The van der Waals surface area contributed by atoms with Gasteiger partial charge in [0, 0.05) is 64.6 Å². The van der Waals surface area contributed by atoms with Crippen LogP contribution >= 0.6 is 0 Å². The smallest absolute Gasteiger partial charge is 0.411 e. The van der Waals surface area contributed by atoms with E-state index in [1.165, 1.54) is 51.7 Å². The number of hydrogen-bond donors (Lipinski definition) is 3. The average molecular weight is 1420 g/mol. The molecular formula is C70H101N5O22Si2. The summed E-state index contributed by atoms with van der Waals surface area (Å²) in [6.07, 6.45) is -3.09. The predicted molar refractivity (Wildman–Crippen MR) is 371 cm³/mol. The Labute approximate surface area is 582 Å². The van der Waals surface area contributed by atoms with Crippen molar-refractivity contribution in [1.29, 1.82) is 0 Å². The number of hydrogen-bond acceptors (Lipinski definition) is 23. The number of unbranched alkanes of at least 4 members (excludes halogenated alkanes) is 2. The lowest BCUT2D eigenvalue weighted by atomic mass is 9.97. The Morgan fingerprint density at radius 1 is 0.606 bits per heavy atom. The maximum Gasteiger partial charge on any atom is 0.411 e. The van der Waals surface area contributed by atoms with Crippen LogP contribution in [-0.4, -0.2) is 185 Å². The summed E-state index contributed by atoms with van der Waals surface area (Å²) in [7, 11) is 1.06. The number of amides is 4. The lowest BCUT2D eigenvalue weighted by Gasteiger charge is -2.43. The zero-order valence-electron chi connectivity index (χ0n) is 60.7. The molecule has 0 radical (unpaired) electrons. The van der Waals surface area contributed by atoms with Crippen molar-refractivity contribution in [3.63, 3.8) is 0 Å². The van der Waals surface area contributed by atoms with Crippen molar-refractivity contribution < 1.29 is 104 Å². The van der Waals surface area contributed by atoms with Gasteiger partial charge in [-0.2, -0.15) is 0 Å². The van der Waals surface area contributed by atoms with E-state index in [1.54, 1.807) is 28.1 Å². The molecule has 0 spiro atoms. The molecule has 4 amide bonds. The highest BCUT2D eigenvalue weighted by molar-refractivity contribution is 6.74. The van der Waals surface area contributed by atoms with Gasteiger partial charge < -0.3 is 86.5 Å². The van der Waals surface area contributed by atoms with E-state index in [0.717, 1.165) is 39.0 Å². The monoisotopic (exact) mass is 1420 g/mol. The number of nitrogens with one attached hydrogen (secondary N) is 2. The lowest BCUT2D eigenvalue weighted by Crippen LogP contribution is -2.64. The van der Waals surface area contributed by atoms with Gasteiger partial charge in [0.25, 0.3) is 17.7 Å². The molecule has 0 saturated carbocycles. The summed E-state index contributed by atoms with van der Waals surface area (Å²) in [6.45, 7) is 29.4. The van der Waals surface area contributed by atoms with Gasteiger partial charge in [-0.3, -0.25) is 34.1 Å². The van der Waals surface area contributed by atoms with Gasteiger partial charge in [-0.25, -0.2) is 9.59 Å². The van der Waals surface area contributed by atoms with E-state index >= 15 is 0 Å². The highest BCUT2D eigenvalue weighted by Crippen LogP contribution is 2.42. The number of nitrogens with two attached hydrogens (primary N) is 1. The van der Waals surface area contributed by atoms with Gasteiger partial charge in [-0.1, -0.05) is 58.8 Å². The number of nitrogen functional groups attached to an aromatic ring is 1. The molecule has 1 fully saturated rings. The molecule has 3 aromatic rings. The molecule has 6 rings (SSSR count). The summed E-state index contributed by atoms with van der Waals surface area (Å²) in [5, 5.41) is 5.35. The van der Waals surface area contributed by atoms with Crippen LogP contribution in [0.4, 0.5) is 16.2 Å². The van der Waals surface area contributed by atoms with Gasteiger partial charge >= 0.3 is 30.0 Å². The molecule has 0 aromatic heterocycles. The van der Waals surface area contributed by atoms with Crippen molar-refractivity contribution in [3.8, 4) is 28.7 Å². The molecule has 1 unspecified atom stereocenters. The van der Waals surface area contributed by atoms with Gasteiger partial charge in [0.2, 0.25) is 12.4 Å². The fraction of sp³-hybridized carbons (Fsp3) is 0.571. The van der Waals surface area contributed by atoms with Crippen molar-refractivity contribution in [2.75, 3.05) is 79.1 Å². The van der Waals surface area contributed by atoms with Gasteiger partial charge in [0.15, 0.2) is 57.9 Å². The van der Waals surface area contributed by atoms with E-state index in [4.69, 9.17) is 71.4 Å². The third kappa shape index (κ3) is 21.2. The highest BCUT2D eigenvalue weighted by atomic mass is 28.4. The van der Waals surface area contributed by atoms with Crippen LogP contribution in [0, 0.1) is 0 Å². The van der Waals surface area contributed by atoms with Crippen LogP contribution in [0.5, 0.6) is 28.7 Å². The van der Waals surface area contributed by atoms with Crippen molar-refractivity contribution in [2.24, 2.45) is 0 Å². The largest absolute Gasteiger partial charge is 0.493 e. The van der Waals surface area contributed by atoms with Crippen LogP contribution < -0.4 is 40.1 Å².